The zero-order chi connectivity index (χ0) is 23.8. The van der Waals surface area contributed by atoms with Gasteiger partial charge in [-0.1, -0.05) is 36.4 Å². The molecule has 2 aromatic carbocycles. The van der Waals surface area contributed by atoms with Crippen molar-refractivity contribution in [3.05, 3.63) is 93.2 Å². The van der Waals surface area contributed by atoms with E-state index >= 15 is 0 Å². The molecule has 7 heteroatoms. The number of aryl methyl sites for hydroxylation is 1. The van der Waals surface area contributed by atoms with E-state index in [1.807, 2.05) is 41.3 Å². The zero-order valence-corrected chi connectivity index (χ0v) is 19.1. The lowest BCUT2D eigenvalue weighted by Crippen LogP contribution is -2.36. The average molecular weight is 459 g/mol. The quantitative estimate of drug-likeness (QED) is 0.466. The number of hydrogen-bond acceptors (Lipinski definition) is 5. The van der Waals surface area contributed by atoms with E-state index in [0.717, 1.165) is 17.6 Å². The Hall–Kier alpha value is -4.00. The van der Waals surface area contributed by atoms with E-state index in [0.29, 0.717) is 30.2 Å². The maximum atomic E-state index is 13.5. The number of amides is 1. The van der Waals surface area contributed by atoms with Crippen LogP contribution in [0, 0.1) is 6.92 Å². The van der Waals surface area contributed by atoms with Crippen LogP contribution in [-0.4, -0.2) is 34.6 Å². The molecule has 34 heavy (non-hydrogen) atoms. The molecule has 7 nitrogen and oxygen atoms in total. The molecular weight excluding hydrogens is 432 g/mol. The number of methoxy groups -OCH3 is 1. The van der Waals surface area contributed by atoms with Gasteiger partial charge in [0.1, 0.15) is 11.5 Å². The summed E-state index contributed by atoms with van der Waals surface area (Å²) in [4.78, 5) is 31.1. The van der Waals surface area contributed by atoms with Crippen LogP contribution in [0.4, 0.5) is 0 Å². The van der Waals surface area contributed by atoms with Gasteiger partial charge in [0.25, 0.3) is 0 Å². The van der Waals surface area contributed by atoms with Crippen molar-refractivity contribution in [2.24, 2.45) is 0 Å². The SMILES string of the molecule is COc1ccccc1[C@@H](CC(=O)N1CCc2c([nH]c3ccccc23)C1)c1oc(C)cc(=O)c1O. The molecule has 2 aromatic heterocycles. The zero-order valence-electron chi connectivity index (χ0n) is 19.1. The molecule has 0 saturated carbocycles. The molecule has 5 rings (SSSR count). The summed E-state index contributed by atoms with van der Waals surface area (Å²) < 4.78 is 11.3. The number of benzene rings is 2. The van der Waals surface area contributed by atoms with Crippen molar-refractivity contribution in [1.82, 2.24) is 9.88 Å². The van der Waals surface area contributed by atoms with Gasteiger partial charge in [0, 0.05) is 41.2 Å². The maximum absolute atomic E-state index is 13.5. The fourth-order valence-corrected chi connectivity index (χ4v) is 4.87. The van der Waals surface area contributed by atoms with Gasteiger partial charge in [-0.3, -0.25) is 9.59 Å². The smallest absolute Gasteiger partial charge is 0.227 e. The van der Waals surface area contributed by atoms with Crippen LogP contribution in [0.15, 0.2) is 63.8 Å². The molecule has 1 amide bonds. The van der Waals surface area contributed by atoms with Crippen LogP contribution in [0.3, 0.4) is 0 Å². The molecule has 0 unspecified atom stereocenters. The lowest BCUT2D eigenvalue weighted by atomic mass is 9.90. The van der Waals surface area contributed by atoms with Gasteiger partial charge in [0.15, 0.2) is 5.76 Å². The van der Waals surface area contributed by atoms with Crippen molar-refractivity contribution in [3.8, 4) is 11.5 Å². The molecule has 0 fully saturated rings. The standard InChI is InChI=1S/C27H26N2O5/c1-16-13-23(30)26(32)27(34-16)20(19-8-4-6-10-24(19)33-2)14-25(31)29-12-11-18-17-7-3-5-9-21(17)28-22(18)15-29/h3-10,13,20,28,32H,11-12,14-15H2,1-2H3/t20-/m1/s1. The fourth-order valence-electron chi connectivity index (χ4n) is 4.87. The summed E-state index contributed by atoms with van der Waals surface area (Å²) in [7, 11) is 1.55. The van der Waals surface area contributed by atoms with E-state index in [1.165, 1.54) is 17.0 Å². The second-order valence-corrected chi connectivity index (χ2v) is 8.63. The van der Waals surface area contributed by atoms with Crippen LogP contribution in [0.1, 0.15) is 40.7 Å². The van der Waals surface area contributed by atoms with Crippen molar-refractivity contribution in [2.45, 2.75) is 32.2 Å². The lowest BCUT2D eigenvalue weighted by molar-refractivity contribution is -0.132. The highest BCUT2D eigenvalue weighted by molar-refractivity contribution is 5.86. The number of carbonyl (C=O) groups excluding carboxylic acids is 1. The van der Waals surface area contributed by atoms with Gasteiger partial charge in [0.05, 0.1) is 19.6 Å². The molecule has 174 valence electrons. The van der Waals surface area contributed by atoms with Crippen molar-refractivity contribution in [2.75, 3.05) is 13.7 Å². The first kappa shape index (κ1) is 21.8. The molecule has 1 atom stereocenters. The summed E-state index contributed by atoms with van der Waals surface area (Å²) in [5, 5.41) is 11.8. The number of aromatic amines is 1. The summed E-state index contributed by atoms with van der Waals surface area (Å²) in [6.07, 6.45) is 0.783. The van der Waals surface area contributed by atoms with E-state index in [-0.39, 0.29) is 18.1 Å². The van der Waals surface area contributed by atoms with Gasteiger partial charge in [-0.25, -0.2) is 0 Å². The molecule has 1 aliphatic rings. The Morgan fingerprint density at radius 3 is 2.79 bits per heavy atom. The highest BCUT2D eigenvalue weighted by Gasteiger charge is 2.31. The Labute approximate surface area is 196 Å². The van der Waals surface area contributed by atoms with E-state index in [2.05, 4.69) is 11.1 Å². The van der Waals surface area contributed by atoms with Crippen molar-refractivity contribution in [1.29, 1.82) is 0 Å². The first-order valence-corrected chi connectivity index (χ1v) is 11.3. The summed E-state index contributed by atoms with van der Waals surface area (Å²) in [6, 6.07) is 16.7. The highest BCUT2D eigenvalue weighted by atomic mass is 16.5. The van der Waals surface area contributed by atoms with Gasteiger partial charge in [-0.15, -0.1) is 0 Å². The highest BCUT2D eigenvalue weighted by Crippen LogP contribution is 2.38. The second-order valence-electron chi connectivity index (χ2n) is 8.63. The van der Waals surface area contributed by atoms with Gasteiger partial charge in [-0.05, 0) is 31.0 Å². The first-order valence-electron chi connectivity index (χ1n) is 11.3. The Morgan fingerprint density at radius 1 is 1.21 bits per heavy atom. The molecule has 1 aliphatic heterocycles. The van der Waals surface area contributed by atoms with Crippen molar-refractivity contribution >= 4 is 16.8 Å². The topological polar surface area (TPSA) is 95.8 Å². The van der Waals surface area contributed by atoms with Crippen LogP contribution in [0.25, 0.3) is 10.9 Å². The third kappa shape index (κ3) is 3.83. The van der Waals surface area contributed by atoms with Crippen LogP contribution in [0.2, 0.25) is 0 Å². The van der Waals surface area contributed by atoms with Crippen LogP contribution in [0.5, 0.6) is 11.5 Å². The summed E-state index contributed by atoms with van der Waals surface area (Å²) in [5.41, 5.74) is 3.50. The number of H-pyrrole nitrogens is 1. The number of aromatic nitrogens is 1. The minimum atomic E-state index is -0.680. The minimum Gasteiger partial charge on any atom is -0.502 e. The average Bonchev–Trinajstić information content (AvgIpc) is 3.22. The Balaban J connectivity index is 1.49. The van der Waals surface area contributed by atoms with Crippen molar-refractivity contribution < 1.29 is 19.1 Å². The predicted octanol–water partition coefficient (Wildman–Crippen LogP) is 4.25. The molecule has 4 aromatic rings. The largest absolute Gasteiger partial charge is 0.502 e. The number of rotatable bonds is 5. The third-order valence-corrected chi connectivity index (χ3v) is 6.52. The third-order valence-electron chi connectivity index (χ3n) is 6.52. The van der Waals surface area contributed by atoms with Gasteiger partial charge >= 0.3 is 0 Å². The Bertz CT molecular complexity index is 1430. The van der Waals surface area contributed by atoms with Crippen LogP contribution in [-0.2, 0) is 17.8 Å². The molecule has 0 spiro atoms. The normalized spacial score (nSPS) is 14.1. The van der Waals surface area contributed by atoms with Crippen LogP contribution >= 0.6 is 0 Å². The fraction of sp³-hybridized carbons (Fsp3) is 0.259. The molecule has 0 radical (unpaired) electrons. The number of hydrogen-bond donors (Lipinski definition) is 2. The Morgan fingerprint density at radius 2 is 1.97 bits per heavy atom. The number of ether oxygens (including phenoxy) is 1. The van der Waals surface area contributed by atoms with E-state index in [1.54, 1.807) is 20.1 Å². The molecule has 3 heterocycles. The summed E-state index contributed by atoms with van der Waals surface area (Å²) in [5.74, 6) is -0.257. The lowest BCUT2D eigenvalue weighted by Gasteiger charge is -2.29. The predicted molar refractivity (Wildman–Crippen MR) is 128 cm³/mol. The summed E-state index contributed by atoms with van der Waals surface area (Å²) >= 11 is 0. The van der Waals surface area contributed by atoms with Gasteiger partial charge < -0.3 is 24.1 Å². The number of fused-ring (bicyclic) bond motifs is 3. The molecule has 0 saturated heterocycles. The van der Waals surface area contributed by atoms with E-state index < -0.39 is 17.1 Å². The van der Waals surface area contributed by atoms with E-state index in [9.17, 15) is 14.7 Å². The molecule has 0 bridgehead atoms. The van der Waals surface area contributed by atoms with Crippen LogP contribution < -0.4 is 10.2 Å². The first-order chi connectivity index (χ1) is 16.5. The number of nitrogens with one attached hydrogen (secondary N) is 1. The molecular formula is C27H26N2O5. The molecule has 0 aliphatic carbocycles. The van der Waals surface area contributed by atoms with Gasteiger partial charge in [0.2, 0.25) is 17.1 Å². The monoisotopic (exact) mass is 458 g/mol. The second kappa shape index (κ2) is 8.74. The number of carbonyl (C=O) groups is 1. The number of nitrogens with zero attached hydrogens (tertiary/aromatic N) is 1. The maximum Gasteiger partial charge on any atom is 0.227 e. The Kier molecular flexibility index (Phi) is 5.61. The number of aromatic hydroxyl groups is 1. The summed E-state index contributed by atoms with van der Waals surface area (Å²) in [6.45, 7) is 2.72. The molecule has 2 N–H and O–H groups in total. The number of para-hydroxylation sites is 2. The van der Waals surface area contributed by atoms with Crippen molar-refractivity contribution in [3.63, 3.8) is 0 Å². The minimum absolute atomic E-state index is 0.0237. The van der Waals surface area contributed by atoms with Gasteiger partial charge in [-0.2, -0.15) is 0 Å². The van der Waals surface area contributed by atoms with E-state index in [4.69, 9.17) is 9.15 Å².